The maximum atomic E-state index is 12.6. The zero-order valence-corrected chi connectivity index (χ0v) is 16.7. The van der Waals surface area contributed by atoms with E-state index >= 15 is 0 Å². The van der Waals surface area contributed by atoms with Crippen LogP contribution in [0.2, 0.25) is 0 Å². The van der Waals surface area contributed by atoms with Crippen LogP contribution in [0.25, 0.3) is 0 Å². The Bertz CT molecular complexity index is 1170. The fourth-order valence-electron chi connectivity index (χ4n) is 3.11. The Kier molecular flexibility index (Phi) is 5.66. The zero-order valence-electron chi connectivity index (χ0n) is 16.7. The topological polar surface area (TPSA) is 90.9 Å². The van der Waals surface area contributed by atoms with Crippen LogP contribution in [0, 0.1) is 6.92 Å². The van der Waals surface area contributed by atoms with Crippen molar-refractivity contribution < 1.29 is 28.6 Å². The quantitative estimate of drug-likeness (QED) is 0.481. The normalized spacial score (nSPS) is 11.6. The number of anilines is 1. The van der Waals surface area contributed by atoms with Crippen LogP contribution in [-0.2, 0) is 4.74 Å². The lowest BCUT2D eigenvalue weighted by Crippen LogP contribution is -2.18. The van der Waals surface area contributed by atoms with Gasteiger partial charge in [-0.1, -0.05) is 29.8 Å². The number of amides is 1. The highest BCUT2D eigenvalue weighted by Gasteiger charge is 2.19. The molecular formula is C24H19NO6. The molecule has 0 bridgehead atoms. The van der Waals surface area contributed by atoms with E-state index in [1.807, 2.05) is 13.0 Å². The highest BCUT2D eigenvalue weighted by atomic mass is 16.7. The molecule has 0 unspecified atom stereocenters. The smallest absolute Gasteiger partial charge is 0.340 e. The number of fused-ring (bicyclic) bond motifs is 1. The van der Waals surface area contributed by atoms with Crippen molar-refractivity contribution >= 4 is 23.3 Å². The third-order valence-corrected chi connectivity index (χ3v) is 4.70. The van der Waals surface area contributed by atoms with Gasteiger partial charge in [-0.25, -0.2) is 4.79 Å². The minimum Gasteiger partial charge on any atom is -0.454 e. The predicted molar refractivity (Wildman–Crippen MR) is 113 cm³/mol. The summed E-state index contributed by atoms with van der Waals surface area (Å²) < 4.78 is 15.7. The minimum absolute atomic E-state index is 0.104. The number of carbonyl (C=O) groups excluding carboxylic acids is 3. The van der Waals surface area contributed by atoms with Gasteiger partial charge < -0.3 is 19.5 Å². The standard InChI is InChI=1S/C24H19NO6/c1-15-5-4-6-17(11-15)23(27)25-19-8-3-2-7-18(19)24(28)29-13-20(26)16-9-10-21-22(12-16)31-14-30-21/h2-12H,13-14H2,1H3,(H,25,27). The van der Waals surface area contributed by atoms with Gasteiger partial charge in [0.1, 0.15) is 0 Å². The van der Waals surface area contributed by atoms with E-state index in [1.165, 1.54) is 6.07 Å². The van der Waals surface area contributed by atoms with Gasteiger partial charge >= 0.3 is 5.97 Å². The van der Waals surface area contributed by atoms with Crippen molar-refractivity contribution in [2.75, 3.05) is 18.7 Å². The number of nitrogens with one attached hydrogen (secondary N) is 1. The van der Waals surface area contributed by atoms with E-state index in [0.717, 1.165) is 5.56 Å². The lowest BCUT2D eigenvalue weighted by atomic mass is 10.1. The molecule has 1 aliphatic heterocycles. The summed E-state index contributed by atoms with van der Waals surface area (Å²) in [4.78, 5) is 37.6. The first-order valence-corrected chi connectivity index (χ1v) is 9.58. The maximum Gasteiger partial charge on any atom is 0.340 e. The van der Waals surface area contributed by atoms with Gasteiger partial charge in [0, 0.05) is 11.1 Å². The lowest BCUT2D eigenvalue weighted by molar-refractivity contribution is 0.0475. The van der Waals surface area contributed by atoms with Crippen LogP contribution in [-0.4, -0.2) is 31.1 Å². The van der Waals surface area contributed by atoms with Crippen LogP contribution < -0.4 is 14.8 Å². The summed E-state index contributed by atoms with van der Waals surface area (Å²) in [5, 5.41) is 2.73. The fraction of sp³-hybridized carbons (Fsp3) is 0.125. The number of Topliss-reactive ketones (excluding diaryl/α,β-unsaturated/α-hetero) is 1. The molecule has 3 aromatic rings. The zero-order chi connectivity index (χ0) is 21.8. The van der Waals surface area contributed by atoms with Gasteiger partial charge in [0.25, 0.3) is 5.91 Å². The number of ether oxygens (including phenoxy) is 3. The molecule has 3 aromatic carbocycles. The van der Waals surface area contributed by atoms with E-state index in [0.29, 0.717) is 28.3 Å². The highest BCUT2D eigenvalue weighted by Crippen LogP contribution is 2.32. The summed E-state index contributed by atoms with van der Waals surface area (Å²) in [5.41, 5.74) is 2.22. The molecule has 1 aliphatic rings. The van der Waals surface area contributed by atoms with Crippen LogP contribution in [0.4, 0.5) is 5.69 Å². The van der Waals surface area contributed by atoms with Crippen molar-refractivity contribution in [3.8, 4) is 11.5 Å². The number of para-hydroxylation sites is 1. The number of benzene rings is 3. The second-order valence-electron chi connectivity index (χ2n) is 6.94. The molecule has 1 N–H and O–H groups in total. The Hall–Kier alpha value is -4.13. The van der Waals surface area contributed by atoms with E-state index < -0.39 is 12.6 Å². The third-order valence-electron chi connectivity index (χ3n) is 4.70. The van der Waals surface area contributed by atoms with Crippen LogP contribution in [0.3, 0.4) is 0 Å². The lowest BCUT2D eigenvalue weighted by Gasteiger charge is -2.11. The monoisotopic (exact) mass is 417 g/mol. The molecular weight excluding hydrogens is 398 g/mol. The molecule has 0 fully saturated rings. The molecule has 7 nitrogen and oxygen atoms in total. The molecule has 0 atom stereocenters. The van der Waals surface area contributed by atoms with Crippen LogP contribution in [0.1, 0.15) is 36.6 Å². The summed E-state index contributed by atoms with van der Waals surface area (Å²) in [7, 11) is 0. The minimum atomic E-state index is -0.714. The van der Waals surface area contributed by atoms with Crippen LogP contribution in [0.5, 0.6) is 11.5 Å². The van der Waals surface area contributed by atoms with Crippen molar-refractivity contribution in [3.63, 3.8) is 0 Å². The van der Waals surface area contributed by atoms with Crippen molar-refractivity contribution in [1.82, 2.24) is 0 Å². The molecule has 7 heteroatoms. The number of esters is 1. The number of aryl methyl sites for hydroxylation is 1. The molecule has 0 radical (unpaired) electrons. The van der Waals surface area contributed by atoms with Gasteiger partial charge in [0.15, 0.2) is 23.9 Å². The third kappa shape index (κ3) is 4.56. The van der Waals surface area contributed by atoms with E-state index in [1.54, 1.807) is 54.6 Å². The number of ketones is 1. The number of hydrogen-bond acceptors (Lipinski definition) is 6. The summed E-state index contributed by atoms with van der Waals surface area (Å²) >= 11 is 0. The molecule has 0 aromatic heterocycles. The molecule has 156 valence electrons. The first-order valence-electron chi connectivity index (χ1n) is 9.58. The average Bonchev–Trinajstić information content (AvgIpc) is 3.25. The maximum absolute atomic E-state index is 12.6. The molecule has 1 amide bonds. The summed E-state index contributed by atoms with van der Waals surface area (Å²) in [6.07, 6.45) is 0. The van der Waals surface area contributed by atoms with E-state index in [2.05, 4.69) is 5.32 Å². The molecule has 31 heavy (non-hydrogen) atoms. The van der Waals surface area contributed by atoms with Crippen molar-refractivity contribution in [3.05, 3.63) is 89.0 Å². The molecule has 0 saturated heterocycles. The number of carbonyl (C=O) groups is 3. The fourth-order valence-corrected chi connectivity index (χ4v) is 3.11. The average molecular weight is 417 g/mol. The van der Waals surface area contributed by atoms with E-state index in [9.17, 15) is 14.4 Å². The number of hydrogen-bond donors (Lipinski definition) is 1. The van der Waals surface area contributed by atoms with Crippen molar-refractivity contribution in [1.29, 1.82) is 0 Å². The Balaban J connectivity index is 1.43. The molecule has 1 heterocycles. The van der Waals surface area contributed by atoms with Gasteiger partial charge in [-0.05, 0) is 49.4 Å². The first kappa shape index (κ1) is 20.2. The van der Waals surface area contributed by atoms with Crippen molar-refractivity contribution in [2.24, 2.45) is 0 Å². The molecule has 0 spiro atoms. The summed E-state index contributed by atoms with van der Waals surface area (Å²) in [6.45, 7) is 1.55. The first-order chi connectivity index (χ1) is 15.0. The second kappa shape index (κ2) is 8.71. The summed E-state index contributed by atoms with van der Waals surface area (Å²) in [6, 6.07) is 18.4. The van der Waals surface area contributed by atoms with Gasteiger partial charge in [-0.3, -0.25) is 9.59 Å². The van der Waals surface area contributed by atoms with Crippen LogP contribution in [0.15, 0.2) is 66.7 Å². The van der Waals surface area contributed by atoms with Gasteiger partial charge in [-0.2, -0.15) is 0 Å². The molecule has 0 saturated carbocycles. The predicted octanol–water partition coefficient (Wildman–Crippen LogP) is 4.02. The Morgan fingerprint density at radius 2 is 1.71 bits per heavy atom. The van der Waals surface area contributed by atoms with Crippen LogP contribution >= 0.6 is 0 Å². The van der Waals surface area contributed by atoms with E-state index in [-0.39, 0.29) is 24.0 Å². The Labute approximate surface area is 178 Å². The van der Waals surface area contributed by atoms with Gasteiger partial charge in [0.05, 0.1) is 11.3 Å². The number of rotatable bonds is 6. The largest absolute Gasteiger partial charge is 0.454 e. The summed E-state index contributed by atoms with van der Waals surface area (Å²) in [5.74, 6) is -0.407. The second-order valence-corrected chi connectivity index (χ2v) is 6.94. The van der Waals surface area contributed by atoms with Gasteiger partial charge in [0.2, 0.25) is 6.79 Å². The molecule has 4 rings (SSSR count). The Morgan fingerprint density at radius 1 is 0.903 bits per heavy atom. The highest BCUT2D eigenvalue weighted by molar-refractivity contribution is 6.08. The van der Waals surface area contributed by atoms with E-state index in [4.69, 9.17) is 14.2 Å². The molecule has 0 aliphatic carbocycles. The van der Waals surface area contributed by atoms with Gasteiger partial charge in [-0.15, -0.1) is 0 Å². The van der Waals surface area contributed by atoms with Crippen molar-refractivity contribution in [2.45, 2.75) is 6.92 Å². The Morgan fingerprint density at radius 3 is 2.55 bits per heavy atom. The SMILES string of the molecule is Cc1cccc(C(=O)Nc2ccccc2C(=O)OCC(=O)c2ccc3c(c2)OCO3)c1.